The van der Waals surface area contributed by atoms with Gasteiger partial charge in [0, 0.05) is 18.5 Å². The van der Waals surface area contributed by atoms with Crippen molar-refractivity contribution in [3.63, 3.8) is 0 Å². The summed E-state index contributed by atoms with van der Waals surface area (Å²) in [5.74, 6) is 1.06. The van der Waals surface area contributed by atoms with Gasteiger partial charge >= 0.3 is 0 Å². The smallest absolute Gasteiger partial charge is 0.164 e. The van der Waals surface area contributed by atoms with Crippen molar-refractivity contribution < 1.29 is 21.9 Å². The second kappa shape index (κ2) is 9.80. The van der Waals surface area contributed by atoms with Gasteiger partial charge in [-0.25, -0.2) is 0 Å². The van der Waals surface area contributed by atoms with E-state index < -0.39 is 0 Å². The minimum Gasteiger partial charge on any atom is -1.00 e. The molecule has 3 nitrogen and oxygen atoms in total. The fourth-order valence-corrected chi connectivity index (χ4v) is 2.67. The highest BCUT2D eigenvalue weighted by Gasteiger charge is 2.12. The Bertz CT molecular complexity index is 411. The van der Waals surface area contributed by atoms with Gasteiger partial charge in [0.15, 0.2) is 5.78 Å². The summed E-state index contributed by atoms with van der Waals surface area (Å²) in [6.45, 7) is 5.81. The van der Waals surface area contributed by atoms with Crippen LogP contribution < -0.4 is 17.1 Å². The Morgan fingerprint density at radius 2 is 1.71 bits per heavy atom. The lowest BCUT2D eigenvalue weighted by molar-refractivity contribution is -0.0000128. The van der Waals surface area contributed by atoms with Crippen molar-refractivity contribution in [3.05, 3.63) is 29.8 Å². The molecule has 4 heteroatoms. The van der Waals surface area contributed by atoms with Gasteiger partial charge in [-0.2, -0.15) is 0 Å². The average Bonchev–Trinajstić information content (AvgIpc) is 2.74. The predicted molar refractivity (Wildman–Crippen MR) is 81.5 cm³/mol. The van der Waals surface area contributed by atoms with Crippen LogP contribution in [-0.2, 0) is 0 Å². The van der Waals surface area contributed by atoms with E-state index in [0.717, 1.165) is 30.9 Å². The molecule has 1 saturated heterocycles. The molecule has 0 amide bonds. The zero-order valence-corrected chi connectivity index (χ0v) is 13.6. The standard InChI is InChI=1S/C17H25NO2.ClH/c1-2-20-16-9-7-15(8-10-16)17(19)11-14-18-12-5-3-4-6-13-18;/h7-10H,2-6,11-14H2,1H3;1H/p-1. The van der Waals surface area contributed by atoms with Gasteiger partial charge in [0.25, 0.3) is 0 Å². The fraction of sp³-hybridized carbons (Fsp3) is 0.588. The molecule has 0 radical (unpaired) electrons. The molecule has 1 aliphatic heterocycles. The van der Waals surface area contributed by atoms with E-state index in [1.807, 2.05) is 31.2 Å². The number of rotatable bonds is 6. The highest BCUT2D eigenvalue weighted by Crippen LogP contribution is 2.14. The normalized spacial score (nSPS) is 15.9. The number of nitrogens with zero attached hydrogens (tertiary/aromatic N) is 1. The van der Waals surface area contributed by atoms with Gasteiger partial charge in [0.05, 0.1) is 6.61 Å². The Balaban J connectivity index is 0.00000220. The molecule has 0 spiro atoms. The second-order valence-electron chi connectivity index (χ2n) is 5.39. The first-order valence-electron chi connectivity index (χ1n) is 7.78. The maximum absolute atomic E-state index is 12.2. The number of carbonyl (C=O) groups is 1. The van der Waals surface area contributed by atoms with Crippen LogP contribution in [0.15, 0.2) is 24.3 Å². The zero-order valence-electron chi connectivity index (χ0n) is 12.8. The molecule has 1 aromatic carbocycles. The SMILES string of the molecule is CCOc1ccc(C(=O)CCN2CCCCCC2)cc1.[Cl-]. The summed E-state index contributed by atoms with van der Waals surface area (Å²) in [7, 11) is 0. The van der Waals surface area contributed by atoms with Crippen LogP contribution in [-0.4, -0.2) is 36.9 Å². The van der Waals surface area contributed by atoms with Crippen LogP contribution in [0, 0.1) is 0 Å². The van der Waals surface area contributed by atoms with Crippen molar-refractivity contribution in [3.8, 4) is 5.75 Å². The predicted octanol–water partition coefficient (Wildman–Crippen LogP) is 0.538. The molecule has 0 N–H and O–H groups in total. The van der Waals surface area contributed by atoms with E-state index in [0.29, 0.717) is 13.0 Å². The molecule has 1 aliphatic rings. The number of Topliss-reactive ketones (excluding diaryl/α,β-unsaturated/α-hetero) is 1. The molecule has 118 valence electrons. The van der Waals surface area contributed by atoms with E-state index >= 15 is 0 Å². The first kappa shape index (κ1) is 18.0. The first-order valence-corrected chi connectivity index (χ1v) is 7.78. The molecule has 1 aromatic rings. The van der Waals surface area contributed by atoms with Crippen LogP contribution in [0.5, 0.6) is 5.75 Å². The molecule has 2 rings (SSSR count). The van der Waals surface area contributed by atoms with E-state index in [1.54, 1.807) is 0 Å². The topological polar surface area (TPSA) is 29.5 Å². The molecular weight excluding hydrogens is 286 g/mol. The average molecular weight is 311 g/mol. The molecule has 0 unspecified atom stereocenters. The summed E-state index contributed by atoms with van der Waals surface area (Å²) in [6.07, 6.45) is 5.84. The fourth-order valence-electron chi connectivity index (χ4n) is 2.67. The lowest BCUT2D eigenvalue weighted by atomic mass is 10.1. The highest BCUT2D eigenvalue weighted by atomic mass is 35.5. The Morgan fingerprint density at radius 3 is 2.29 bits per heavy atom. The van der Waals surface area contributed by atoms with Gasteiger partial charge in [0.1, 0.15) is 5.75 Å². The second-order valence-corrected chi connectivity index (χ2v) is 5.39. The Labute approximate surface area is 134 Å². The maximum atomic E-state index is 12.2. The summed E-state index contributed by atoms with van der Waals surface area (Å²) in [5.41, 5.74) is 0.795. The first-order chi connectivity index (χ1) is 9.79. The van der Waals surface area contributed by atoms with Crippen molar-refractivity contribution >= 4 is 5.78 Å². The lowest BCUT2D eigenvalue weighted by Gasteiger charge is -2.19. The molecule has 1 heterocycles. The molecule has 1 fully saturated rings. The number of ether oxygens (including phenoxy) is 1. The molecule has 0 aromatic heterocycles. The third-order valence-corrected chi connectivity index (χ3v) is 3.84. The number of carbonyl (C=O) groups excluding carboxylic acids is 1. The van der Waals surface area contributed by atoms with Crippen LogP contribution >= 0.6 is 0 Å². The summed E-state index contributed by atoms with van der Waals surface area (Å²) in [5, 5.41) is 0. The van der Waals surface area contributed by atoms with E-state index in [4.69, 9.17) is 4.74 Å². The molecule has 0 atom stereocenters. The number of hydrogen-bond donors (Lipinski definition) is 0. The third kappa shape index (κ3) is 6.06. The number of ketones is 1. The minimum absolute atomic E-state index is 0. The highest BCUT2D eigenvalue weighted by molar-refractivity contribution is 5.96. The number of halogens is 1. The van der Waals surface area contributed by atoms with E-state index in [-0.39, 0.29) is 18.2 Å². The van der Waals surface area contributed by atoms with Crippen LogP contribution in [0.1, 0.15) is 49.4 Å². The van der Waals surface area contributed by atoms with Gasteiger partial charge < -0.3 is 22.0 Å². The summed E-state index contributed by atoms with van der Waals surface area (Å²) >= 11 is 0. The van der Waals surface area contributed by atoms with Gasteiger partial charge in [0.2, 0.25) is 0 Å². The van der Waals surface area contributed by atoms with E-state index in [2.05, 4.69) is 4.90 Å². The molecular formula is C17H25ClNO2-. The van der Waals surface area contributed by atoms with Crippen molar-refractivity contribution in [2.24, 2.45) is 0 Å². The monoisotopic (exact) mass is 310 g/mol. The molecule has 0 aliphatic carbocycles. The van der Waals surface area contributed by atoms with Crippen LogP contribution in [0.25, 0.3) is 0 Å². The summed E-state index contributed by atoms with van der Waals surface area (Å²) < 4.78 is 5.39. The number of likely N-dealkylation sites (tertiary alicyclic amines) is 1. The lowest BCUT2D eigenvalue weighted by Crippen LogP contribution is -3.00. The Morgan fingerprint density at radius 1 is 1.10 bits per heavy atom. The number of hydrogen-bond acceptors (Lipinski definition) is 3. The van der Waals surface area contributed by atoms with Crippen molar-refractivity contribution in [1.29, 1.82) is 0 Å². The third-order valence-electron chi connectivity index (χ3n) is 3.84. The minimum atomic E-state index is 0. The Kier molecular flexibility index (Phi) is 8.40. The van der Waals surface area contributed by atoms with Crippen LogP contribution in [0.3, 0.4) is 0 Å². The van der Waals surface area contributed by atoms with Gasteiger partial charge in [-0.05, 0) is 57.1 Å². The van der Waals surface area contributed by atoms with Crippen molar-refractivity contribution in [2.75, 3.05) is 26.2 Å². The molecule has 0 saturated carbocycles. The quantitative estimate of drug-likeness (QED) is 0.718. The zero-order chi connectivity index (χ0) is 14.2. The molecule has 0 bridgehead atoms. The summed E-state index contributed by atoms with van der Waals surface area (Å²) in [4.78, 5) is 14.6. The van der Waals surface area contributed by atoms with Crippen LogP contribution in [0.2, 0.25) is 0 Å². The number of benzene rings is 1. The van der Waals surface area contributed by atoms with Gasteiger partial charge in [-0.1, -0.05) is 12.8 Å². The van der Waals surface area contributed by atoms with E-state index in [9.17, 15) is 4.79 Å². The Hall–Kier alpha value is -1.06. The summed E-state index contributed by atoms with van der Waals surface area (Å²) in [6, 6.07) is 7.50. The molecule has 21 heavy (non-hydrogen) atoms. The van der Waals surface area contributed by atoms with Gasteiger partial charge in [-0.3, -0.25) is 4.79 Å². The van der Waals surface area contributed by atoms with Crippen LogP contribution in [0.4, 0.5) is 0 Å². The van der Waals surface area contributed by atoms with Crippen molar-refractivity contribution in [1.82, 2.24) is 4.90 Å². The van der Waals surface area contributed by atoms with Gasteiger partial charge in [-0.15, -0.1) is 0 Å². The maximum Gasteiger partial charge on any atom is 0.164 e. The van der Waals surface area contributed by atoms with E-state index in [1.165, 1.54) is 25.7 Å². The van der Waals surface area contributed by atoms with Crippen molar-refractivity contribution in [2.45, 2.75) is 39.0 Å². The largest absolute Gasteiger partial charge is 1.00 e.